The lowest BCUT2D eigenvalue weighted by molar-refractivity contribution is 0.145. The fraction of sp³-hybridized carbons (Fsp3) is 0.556. The van der Waals surface area contributed by atoms with Gasteiger partial charge in [0.1, 0.15) is 0 Å². The van der Waals surface area contributed by atoms with E-state index in [1.54, 1.807) is 0 Å². The van der Waals surface area contributed by atoms with Gasteiger partial charge in [0.05, 0.1) is 12.7 Å². The first-order chi connectivity index (χ1) is 4.63. The van der Waals surface area contributed by atoms with Gasteiger partial charge in [0, 0.05) is 0 Å². The van der Waals surface area contributed by atoms with Gasteiger partial charge in [-0.05, 0) is 37.5 Å². The standard InChI is InChI=1S/C9H14O/c1-6(2)9-8(4)7(3)5-10-9/h9H,1,5H2,2-4H3/t9-/m0/s1. The Bertz CT molecular complexity index is 189. The van der Waals surface area contributed by atoms with Crippen molar-refractivity contribution in [1.29, 1.82) is 0 Å². The molecule has 0 aromatic heterocycles. The lowest BCUT2D eigenvalue weighted by atomic mass is 10.0. The van der Waals surface area contributed by atoms with Crippen molar-refractivity contribution >= 4 is 0 Å². The quantitative estimate of drug-likeness (QED) is 0.505. The first-order valence-corrected chi connectivity index (χ1v) is 3.56. The average Bonchev–Trinajstić information content (AvgIpc) is 2.14. The molecule has 0 aromatic rings. The summed E-state index contributed by atoms with van der Waals surface area (Å²) in [6, 6.07) is 0. The molecule has 0 spiro atoms. The summed E-state index contributed by atoms with van der Waals surface area (Å²) in [5, 5.41) is 0. The van der Waals surface area contributed by atoms with E-state index in [0.29, 0.717) is 0 Å². The van der Waals surface area contributed by atoms with Crippen LogP contribution in [0.15, 0.2) is 23.3 Å². The molecule has 0 radical (unpaired) electrons. The minimum Gasteiger partial charge on any atom is -0.365 e. The minimum atomic E-state index is 0.194. The lowest BCUT2D eigenvalue weighted by Gasteiger charge is -2.10. The van der Waals surface area contributed by atoms with Crippen LogP contribution in [0.25, 0.3) is 0 Å². The van der Waals surface area contributed by atoms with Gasteiger partial charge in [-0.1, -0.05) is 6.58 Å². The van der Waals surface area contributed by atoms with Crippen molar-refractivity contribution in [2.24, 2.45) is 0 Å². The van der Waals surface area contributed by atoms with Crippen molar-refractivity contribution in [3.63, 3.8) is 0 Å². The fourth-order valence-corrected chi connectivity index (χ4v) is 1.18. The molecule has 0 saturated heterocycles. The van der Waals surface area contributed by atoms with Gasteiger partial charge in [-0.15, -0.1) is 0 Å². The monoisotopic (exact) mass is 138 g/mol. The number of hydrogen-bond acceptors (Lipinski definition) is 1. The molecule has 0 aromatic carbocycles. The van der Waals surface area contributed by atoms with Gasteiger partial charge in [-0.2, -0.15) is 0 Å². The molecule has 0 fully saturated rings. The van der Waals surface area contributed by atoms with Crippen LogP contribution < -0.4 is 0 Å². The maximum absolute atomic E-state index is 5.47. The van der Waals surface area contributed by atoms with Crippen molar-refractivity contribution in [2.45, 2.75) is 26.9 Å². The van der Waals surface area contributed by atoms with Crippen LogP contribution in [-0.4, -0.2) is 12.7 Å². The zero-order valence-corrected chi connectivity index (χ0v) is 6.90. The topological polar surface area (TPSA) is 9.23 Å². The second kappa shape index (κ2) is 2.59. The molecule has 1 rings (SSSR count). The van der Waals surface area contributed by atoms with Crippen molar-refractivity contribution in [3.05, 3.63) is 23.3 Å². The van der Waals surface area contributed by atoms with Crippen molar-refractivity contribution < 1.29 is 4.74 Å². The molecule has 10 heavy (non-hydrogen) atoms. The molecular formula is C9H14O. The Labute approximate surface area is 62.4 Å². The number of hydrogen-bond donors (Lipinski definition) is 0. The normalized spacial score (nSPS) is 25.7. The molecule has 0 aliphatic carbocycles. The van der Waals surface area contributed by atoms with E-state index in [0.717, 1.165) is 12.2 Å². The lowest BCUT2D eigenvalue weighted by Crippen LogP contribution is -2.08. The molecule has 56 valence electrons. The van der Waals surface area contributed by atoms with Gasteiger partial charge in [0.2, 0.25) is 0 Å². The molecule has 1 heterocycles. The Kier molecular flexibility index (Phi) is 1.95. The predicted octanol–water partition coefficient (Wildman–Crippen LogP) is 2.30. The van der Waals surface area contributed by atoms with Crippen LogP contribution in [0.3, 0.4) is 0 Å². The van der Waals surface area contributed by atoms with Crippen molar-refractivity contribution in [2.75, 3.05) is 6.61 Å². The van der Waals surface area contributed by atoms with E-state index in [1.807, 2.05) is 6.92 Å². The van der Waals surface area contributed by atoms with E-state index in [9.17, 15) is 0 Å². The Morgan fingerprint density at radius 3 is 2.40 bits per heavy atom. The third-order valence-corrected chi connectivity index (χ3v) is 1.98. The SMILES string of the molecule is C=C(C)[C@@H]1OCC(C)=C1C. The molecule has 0 N–H and O–H groups in total. The summed E-state index contributed by atoms with van der Waals surface area (Å²) in [6.07, 6.45) is 0.194. The van der Waals surface area contributed by atoms with E-state index in [-0.39, 0.29) is 6.10 Å². The van der Waals surface area contributed by atoms with Crippen LogP contribution in [-0.2, 0) is 4.74 Å². The second-order valence-electron chi connectivity index (χ2n) is 3.00. The molecule has 0 bridgehead atoms. The summed E-state index contributed by atoms with van der Waals surface area (Å²) in [5.41, 5.74) is 3.80. The van der Waals surface area contributed by atoms with Crippen molar-refractivity contribution in [3.8, 4) is 0 Å². The van der Waals surface area contributed by atoms with Gasteiger partial charge >= 0.3 is 0 Å². The van der Waals surface area contributed by atoms with E-state index in [2.05, 4.69) is 20.4 Å². The largest absolute Gasteiger partial charge is 0.365 e. The Balaban J connectivity index is 2.77. The molecule has 0 saturated carbocycles. The maximum atomic E-state index is 5.47. The Morgan fingerprint density at radius 1 is 1.60 bits per heavy atom. The summed E-state index contributed by atoms with van der Waals surface area (Å²) >= 11 is 0. The highest BCUT2D eigenvalue weighted by Crippen LogP contribution is 2.24. The van der Waals surface area contributed by atoms with Crippen LogP contribution in [0, 0.1) is 0 Å². The third-order valence-electron chi connectivity index (χ3n) is 1.98. The first kappa shape index (κ1) is 7.55. The van der Waals surface area contributed by atoms with Gasteiger partial charge in [-0.25, -0.2) is 0 Å². The molecule has 0 unspecified atom stereocenters. The van der Waals surface area contributed by atoms with Gasteiger partial charge in [0.15, 0.2) is 0 Å². The highest BCUT2D eigenvalue weighted by molar-refractivity contribution is 5.27. The predicted molar refractivity (Wildman–Crippen MR) is 42.9 cm³/mol. The number of rotatable bonds is 1. The Morgan fingerprint density at radius 2 is 2.20 bits per heavy atom. The molecule has 1 atom stereocenters. The minimum absolute atomic E-state index is 0.194. The van der Waals surface area contributed by atoms with Crippen molar-refractivity contribution in [1.82, 2.24) is 0 Å². The summed E-state index contributed by atoms with van der Waals surface area (Å²) in [4.78, 5) is 0. The van der Waals surface area contributed by atoms with Crippen LogP contribution in [0.1, 0.15) is 20.8 Å². The van der Waals surface area contributed by atoms with E-state index < -0.39 is 0 Å². The zero-order valence-electron chi connectivity index (χ0n) is 6.90. The van der Waals surface area contributed by atoms with Gasteiger partial charge in [-0.3, -0.25) is 0 Å². The van der Waals surface area contributed by atoms with Gasteiger partial charge in [0.25, 0.3) is 0 Å². The zero-order chi connectivity index (χ0) is 7.72. The smallest absolute Gasteiger partial charge is 0.0995 e. The average molecular weight is 138 g/mol. The summed E-state index contributed by atoms with van der Waals surface area (Å²) in [6.45, 7) is 10.9. The molecule has 1 aliphatic rings. The Hall–Kier alpha value is -0.560. The van der Waals surface area contributed by atoms with Crippen LogP contribution in [0.5, 0.6) is 0 Å². The highest BCUT2D eigenvalue weighted by atomic mass is 16.5. The summed E-state index contributed by atoms with van der Waals surface area (Å²) < 4.78 is 5.47. The molecular weight excluding hydrogens is 124 g/mol. The molecule has 1 nitrogen and oxygen atoms in total. The summed E-state index contributed by atoms with van der Waals surface area (Å²) in [5.74, 6) is 0. The van der Waals surface area contributed by atoms with E-state index in [4.69, 9.17) is 4.74 Å². The molecule has 1 heteroatoms. The van der Waals surface area contributed by atoms with E-state index in [1.165, 1.54) is 11.1 Å². The second-order valence-corrected chi connectivity index (χ2v) is 3.00. The highest BCUT2D eigenvalue weighted by Gasteiger charge is 2.20. The third kappa shape index (κ3) is 1.14. The van der Waals surface area contributed by atoms with Gasteiger partial charge < -0.3 is 4.74 Å². The fourth-order valence-electron chi connectivity index (χ4n) is 1.18. The van der Waals surface area contributed by atoms with E-state index >= 15 is 0 Å². The molecule has 1 aliphatic heterocycles. The first-order valence-electron chi connectivity index (χ1n) is 3.56. The maximum Gasteiger partial charge on any atom is 0.0995 e. The number of ether oxygens (including phenoxy) is 1. The van der Waals surface area contributed by atoms with Crippen LogP contribution in [0.4, 0.5) is 0 Å². The molecule has 0 amide bonds. The van der Waals surface area contributed by atoms with Crippen LogP contribution in [0.2, 0.25) is 0 Å². The summed E-state index contributed by atoms with van der Waals surface area (Å²) in [7, 11) is 0. The van der Waals surface area contributed by atoms with Crippen LogP contribution >= 0.6 is 0 Å².